The van der Waals surface area contributed by atoms with E-state index in [1.807, 2.05) is 36.4 Å². The molecule has 1 aliphatic heterocycles. The predicted molar refractivity (Wildman–Crippen MR) is 115 cm³/mol. The Hall–Kier alpha value is -2.02. The molecule has 0 radical (unpaired) electrons. The number of halogens is 1. The van der Waals surface area contributed by atoms with Gasteiger partial charge in [-0.05, 0) is 61.1 Å². The first-order valence-electron chi connectivity index (χ1n) is 9.68. The molecule has 2 aliphatic rings. The highest BCUT2D eigenvalue weighted by atomic mass is 35.5. The van der Waals surface area contributed by atoms with Gasteiger partial charge in [0.25, 0.3) is 0 Å². The zero-order chi connectivity index (χ0) is 20.8. The van der Waals surface area contributed by atoms with Gasteiger partial charge in [-0.3, -0.25) is 9.78 Å². The van der Waals surface area contributed by atoms with Crippen LogP contribution in [0.2, 0.25) is 5.02 Å². The minimum atomic E-state index is -3.19. The number of rotatable bonds is 3. The molecule has 7 heteroatoms. The summed E-state index contributed by atoms with van der Waals surface area (Å²) in [7, 11) is -3.19. The molecule has 1 aromatic carbocycles. The van der Waals surface area contributed by atoms with E-state index in [1.54, 1.807) is 17.4 Å². The summed E-state index contributed by atoms with van der Waals surface area (Å²) in [5.41, 5.74) is 4.38. The van der Waals surface area contributed by atoms with Crippen molar-refractivity contribution in [3.05, 3.63) is 63.9 Å². The molecule has 0 saturated carbocycles. The molecule has 2 heterocycles. The van der Waals surface area contributed by atoms with E-state index < -0.39 is 10.0 Å². The van der Waals surface area contributed by atoms with Gasteiger partial charge in [0.1, 0.15) is 0 Å². The Morgan fingerprint density at radius 2 is 1.93 bits per heavy atom. The number of Topliss-reactive ketones (excluding diaryl/α,β-unsaturated/α-hetero) is 1. The number of aromatic nitrogens is 1. The van der Waals surface area contributed by atoms with Crippen LogP contribution in [0, 0.1) is 5.92 Å². The number of sulfonamides is 1. The Bertz CT molecular complexity index is 1100. The van der Waals surface area contributed by atoms with Crippen molar-refractivity contribution in [1.29, 1.82) is 0 Å². The van der Waals surface area contributed by atoms with Crippen LogP contribution in [0.3, 0.4) is 0 Å². The summed E-state index contributed by atoms with van der Waals surface area (Å²) in [5.74, 6) is 0.187. The number of nitrogens with zero attached hydrogens (tertiary/aromatic N) is 2. The number of benzene rings is 1. The summed E-state index contributed by atoms with van der Waals surface area (Å²) in [6, 6.07) is 9.57. The Morgan fingerprint density at radius 3 is 2.59 bits per heavy atom. The second-order valence-electron chi connectivity index (χ2n) is 7.80. The second kappa shape index (κ2) is 7.67. The number of ketones is 1. The Balaban J connectivity index is 1.84. The fourth-order valence-corrected chi connectivity index (χ4v) is 5.59. The highest BCUT2D eigenvalue weighted by Gasteiger charge is 2.36. The molecule has 5 nitrogen and oxygen atoms in total. The Morgan fingerprint density at radius 1 is 1.21 bits per heavy atom. The van der Waals surface area contributed by atoms with Crippen molar-refractivity contribution in [2.75, 3.05) is 19.3 Å². The molecule has 1 aromatic heterocycles. The van der Waals surface area contributed by atoms with Gasteiger partial charge in [0.05, 0.1) is 11.9 Å². The fraction of sp³-hybridized carbons (Fsp3) is 0.364. The first kappa shape index (κ1) is 20.3. The van der Waals surface area contributed by atoms with E-state index in [1.165, 1.54) is 6.26 Å². The molecule has 1 aliphatic carbocycles. The molecule has 152 valence electrons. The van der Waals surface area contributed by atoms with Crippen molar-refractivity contribution < 1.29 is 13.2 Å². The molecule has 1 unspecified atom stereocenters. The average Bonchev–Trinajstić information content (AvgIpc) is 2.82. The minimum Gasteiger partial charge on any atom is -0.294 e. The van der Waals surface area contributed by atoms with Crippen molar-refractivity contribution in [1.82, 2.24) is 9.29 Å². The monoisotopic (exact) mass is 430 g/mol. The van der Waals surface area contributed by atoms with Crippen molar-refractivity contribution >= 4 is 39.1 Å². The molecular weight excluding hydrogens is 408 g/mol. The number of carbonyl (C=O) groups is 1. The van der Waals surface area contributed by atoms with Gasteiger partial charge < -0.3 is 0 Å². The lowest BCUT2D eigenvalue weighted by molar-refractivity contribution is -0.111. The molecule has 0 bridgehead atoms. The zero-order valence-electron chi connectivity index (χ0n) is 16.4. The molecule has 29 heavy (non-hydrogen) atoms. The maximum atomic E-state index is 12.4. The lowest BCUT2D eigenvalue weighted by Crippen LogP contribution is -2.39. The van der Waals surface area contributed by atoms with Gasteiger partial charge in [0.15, 0.2) is 5.78 Å². The number of carbonyl (C=O) groups excluding carboxylic acids is 1. The van der Waals surface area contributed by atoms with E-state index in [4.69, 9.17) is 16.6 Å². The first-order valence-corrected chi connectivity index (χ1v) is 11.9. The topological polar surface area (TPSA) is 67.3 Å². The van der Waals surface area contributed by atoms with E-state index in [0.29, 0.717) is 23.7 Å². The van der Waals surface area contributed by atoms with Gasteiger partial charge in [0, 0.05) is 41.4 Å². The number of pyridine rings is 1. The van der Waals surface area contributed by atoms with Crippen LogP contribution in [0.5, 0.6) is 0 Å². The van der Waals surface area contributed by atoms with Crippen LogP contribution in [-0.2, 0) is 14.8 Å². The quantitative estimate of drug-likeness (QED) is 0.738. The third kappa shape index (κ3) is 3.89. The van der Waals surface area contributed by atoms with Crippen LogP contribution in [0.25, 0.3) is 11.6 Å². The molecule has 0 N–H and O–H groups in total. The normalized spacial score (nSPS) is 20.4. The molecule has 0 amide bonds. The molecule has 0 spiro atoms. The highest BCUT2D eigenvalue weighted by Crippen LogP contribution is 2.44. The van der Waals surface area contributed by atoms with Gasteiger partial charge in [-0.25, -0.2) is 12.7 Å². The van der Waals surface area contributed by atoms with Crippen LogP contribution in [0.1, 0.15) is 48.1 Å². The smallest absolute Gasteiger partial charge is 0.211 e. The number of allylic oxidation sites excluding steroid dienone is 1. The lowest BCUT2D eigenvalue weighted by Gasteiger charge is -2.35. The second-order valence-corrected chi connectivity index (χ2v) is 10.2. The fourth-order valence-electron chi connectivity index (χ4n) is 4.54. The lowest BCUT2D eigenvalue weighted by atomic mass is 9.76. The molecule has 4 rings (SSSR count). The van der Waals surface area contributed by atoms with Gasteiger partial charge >= 0.3 is 0 Å². The van der Waals surface area contributed by atoms with Crippen LogP contribution in [-0.4, -0.2) is 42.8 Å². The van der Waals surface area contributed by atoms with Crippen LogP contribution in [0.4, 0.5) is 0 Å². The van der Waals surface area contributed by atoms with E-state index in [2.05, 4.69) is 0 Å². The minimum absolute atomic E-state index is 0.0160. The van der Waals surface area contributed by atoms with Crippen LogP contribution >= 0.6 is 11.6 Å². The first-order chi connectivity index (χ1) is 13.8. The summed E-state index contributed by atoms with van der Waals surface area (Å²) >= 11 is 6.27. The molecule has 1 fully saturated rings. The van der Waals surface area contributed by atoms with Gasteiger partial charge in [-0.2, -0.15) is 0 Å². The zero-order valence-corrected chi connectivity index (χ0v) is 18.0. The third-order valence-electron chi connectivity index (χ3n) is 5.93. The molecule has 2 aromatic rings. The van der Waals surface area contributed by atoms with Gasteiger partial charge in [-0.1, -0.05) is 23.7 Å². The SMILES string of the molecule is CC(=O)C1=Cc2cc(Cl)ccc2C(C2CCN(S(C)(=O)=O)CC2)c2ncccc21. The van der Waals surface area contributed by atoms with Gasteiger partial charge in [0.2, 0.25) is 10.0 Å². The molecular formula is C22H23ClN2O3S. The summed E-state index contributed by atoms with van der Waals surface area (Å²) in [4.78, 5) is 17.1. The van der Waals surface area contributed by atoms with Crippen LogP contribution in [0.15, 0.2) is 36.5 Å². The summed E-state index contributed by atoms with van der Waals surface area (Å²) < 4.78 is 25.4. The van der Waals surface area contributed by atoms with Crippen molar-refractivity contribution in [2.24, 2.45) is 5.92 Å². The largest absolute Gasteiger partial charge is 0.294 e. The maximum absolute atomic E-state index is 12.4. The van der Waals surface area contributed by atoms with E-state index >= 15 is 0 Å². The summed E-state index contributed by atoms with van der Waals surface area (Å²) in [6.07, 6.45) is 6.42. The molecule has 1 atom stereocenters. The number of hydrogen-bond donors (Lipinski definition) is 0. The van der Waals surface area contributed by atoms with E-state index in [9.17, 15) is 13.2 Å². The van der Waals surface area contributed by atoms with E-state index in [0.717, 1.165) is 35.2 Å². The predicted octanol–water partition coefficient (Wildman–Crippen LogP) is 3.98. The highest BCUT2D eigenvalue weighted by molar-refractivity contribution is 7.88. The summed E-state index contributed by atoms with van der Waals surface area (Å²) in [6.45, 7) is 2.56. The van der Waals surface area contributed by atoms with Crippen LogP contribution < -0.4 is 0 Å². The standard InChI is InChI=1S/C22H23ClN2O3S/c1-14(26)20-13-16-12-17(23)5-6-18(16)21(22-19(20)4-3-9-24-22)15-7-10-25(11-8-15)29(2,27)28/h3-6,9,12-13,15,21H,7-8,10-11H2,1-2H3. The number of piperidine rings is 1. The van der Waals surface area contributed by atoms with E-state index in [-0.39, 0.29) is 17.6 Å². The number of fused-ring (bicyclic) bond motifs is 2. The van der Waals surface area contributed by atoms with Crippen molar-refractivity contribution in [3.8, 4) is 0 Å². The summed E-state index contributed by atoms with van der Waals surface area (Å²) in [5, 5.41) is 0.618. The third-order valence-corrected chi connectivity index (χ3v) is 7.46. The average molecular weight is 431 g/mol. The Labute approximate surface area is 176 Å². The van der Waals surface area contributed by atoms with Crippen molar-refractivity contribution in [2.45, 2.75) is 25.7 Å². The number of hydrogen-bond acceptors (Lipinski definition) is 4. The maximum Gasteiger partial charge on any atom is 0.211 e. The van der Waals surface area contributed by atoms with Crippen molar-refractivity contribution in [3.63, 3.8) is 0 Å². The Kier molecular flexibility index (Phi) is 5.36. The molecule has 1 saturated heterocycles. The van der Waals surface area contributed by atoms with Gasteiger partial charge in [-0.15, -0.1) is 0 Å².